The standard InChI is InChI=1S/C9H9N3OS/c10-12-9-11-8(13)7(14-9)6-4-2-1-3-5-6/h1-5,7H,10H2,(H,11,12,13). The van der Waals surface area contributed by atoms with E-state index in [0.29, 0.717) is 5.17 Å². The van der Waals surface area contributed by atoms with Crippen molar-refractivity contribution in [1.82, 2.24) is 5.32 Å². The van der Waals surface area contributed by atoms with E-state index in [1.807, 2.05) is 30.3 Å². The molecule has 2 rings (SSSR count). The summed E-state index contributed by atoms with van der Waals surface area (Å²) in [5, 5.41) is 6.31. The quantitative estimate of drug-likeness (QED) is 0.529. The third kappa shape index (κ3) is 1.58. The molecule has 72 valence electrons. The molecule has 14 heavy (non-hydrogen) atoms. The number of nitrogens with zero attached hydrogens (tertiary/aromatic N) is 1. The number of thioether (sulfide) groups is 1. The maximum absolute atomic E-state index is 11.5. The first-order chi connectivity index (χ1) is 6.81. The van der Waals surface area contributed by atoms with Crippen molar-refractivity contribution in [3.63, 3.8) is 0 Å². The zero-order valence-electron chi connectivity index (χ0n) is 7.31. The van der Waals surface area contributed by atoms with Crippen LogP contribution in [0.1, 0.15) is 10.8 Å². The van der Waals surface area contributed by atoms with Crippen LogP contribution in [0.3, 0.4) is 0 Å². The topological polar surface area (TPSA) is 67.5 Å². The molecule has 1 fully saturated rings. The van der Waals surface area contributed by atoms with Crippen LogP contribution in [0.15, 0.2) is 35.4 Å². The van der Waals surface area contributed by atoms with Crippen molar-refractivity contribution >= 4 is 22.8 Å². The van der Waals surface area contributed by atoms with Crippen LogP contribution in [0.5, 0.6) is 0 Å². The highest BCUT2D eigenvalue weighted by Crippen LogP contribution is 2.33. The molecule has 1 amide bonds. The van der Waals surface area contributed by atoms with Crippen LogP contribution in [0.4, 0.5) is 0 Å². The second kappa shape index (κ2) is 3.71. The Kier molecular flexibility index (Phi) is 2.41. The number of carbonyl (C=O) groups excluding carboxylic acids is 1. The minimum Gasteiger partial charge on any atom is -0.321 e. The molecule has 1 heterocycles. The number of hydrogen-bond acceptors (Lipinski definition) is 4. The Balaban J connectivity index is 2.25. The van der Waals surface area contributed by atoms with Gasteiger partial charge in [0, 0.05) is 0 Å². The van der Waals surface area contributed by atoms with Crippen molar-refractivity contribution in [2.75, 3.05) is 0 Å². The fraction of sp³-hybridized carbons (Fsp3) is 0.111. The summed E-state index contributed by atoms with van der Waals surface area (Å²) in [7, 11) is 0. The van der Waals surface area contributed by atoms with E-state index in [4.69, 9.17) is 5.84 Å². The number of benzene rings is 1. The van der Waals surface area contributed by atoms with Gasteiger partial charge in [0.1, 0.15) is 5.25 Å². The second-order valence-electron chi connectivity index (χ2n) is 2.83. The van der Waals surface area contributed by atoms with Gasteiger partial charge in [-0.2, -0.15) is 5.10 Å². The summed E-state index contributed by atoms with van der Waals surface area (Å²) >= 11 is 1.34. The van der Waals surface area contributed by atoms with Crippen LogP contribution >= 0.6 is 11.8 Å². The van der Waals surface area contributed by atoms with E-state index < -0.39 is 0 Å². The van der Waals surface area contributed by atoms with E-state index in [-0.39, 0.29) is 11.2 Å². The van der Waals surface area contributed by atoms with Crippen LogP contribution in [0.2, 0.25) is 0 Å². The summed E-state index contributed by atoms with van der Waals surface area (Å²) in [5.74, 6) is 5.02. The smallest absolute Gasteiger partial charge is 0.244 e. The van der Waals surface area contributed by atoms with E-state index in [0.717, 1.165) is 5.56 Å². The predicted molar refractivity (Wildman–Crippen MR) is 56.5 cm³/mol. The summed E-state index contributed by atoms with van der Waals surface area (Å²) in [6.45, 7) is 0. The van der Waals surface area contributed by atoms with Gasteiger partial charge in [-0.3, -0.25) is 4.79 Å². The average molecular weight is 207 g/mol. The molecule has 0 radical (unpaired) electrons. The zero-order chi connectivity index (χ0) is 9.97. The fourth-order valence-electron chi connectivity index (χ4n) is 1.28. The molecule has 1 atom stereocenters. The molecule has 1 aliphatic rings. The van der Waals surface area contributed by atoms with Gasteiger partial charge in [0.2, 0.25) is 5.91 Å². The van der Waals surface area contributed by atoms with Gasteiger partial charge >= 0.3 is 0 Å². The third-order valence-corrected chi connectivity index (χ3v) is 3.07. The van der Waals surface area contributed by atoms with Gasteiger partial charge in [0.25, 0.3) is 0 Å². The molecule has 1 aromatic carbocycles. The lowest BCUT2D eigenvalue weighted by molar-refractivity contribution is -0.118. The molecule has 4 nitrogen and oxygen atoms in total. The van der Waals surface area contributed by atoms with Crippen LogP contribution in [-0.4, -0.2) is 11.1 Å². The third-order valence-electron chi connectivity index (χ3n) is 1.92. The van der Waals surface area contributed by atoms with Crippen molar-refractivity contribution in [2.24, 2.45) is 10.9 Å². The Morgan fingerprint density at radius 3 is 2.64 bits per heavy atom. The Morgan fingerprint density at radius 1 is 1.36 bits per heavy atom. The molecule has 1 saturated heterocycles. The molecule has 0 aliphatic carbocycles. The Morgan fingerprint density at radius 2 is 2.07 bits per heavy atom. The fourth-order valence-corrected chi connectivity index (χ4v) is 2.18. The number of amidine groups is 1. The Labute approximate surface area is 85.6 Å². The van der Waals surface area contributed by atoms with Crippen molar-refractivity contribution < 1.29 is 4.79 Å². The number of hydrogen-bond donors (Lipinski definition) is 2. The minimum absolute atomic E-state index is 0.0644. The molecule has 0 saturated carbocycles. The van der Waals surface area contributed by atoms with Crippen molar-refractivity contribution in [3.05, 3.63) is 35.9 Å². The number of nitrogens with one attached hydrogen (secondary N) is 1. The van der Waals surface area contributed by atoms with Gasteiger partial charge in [-0.15, -0.1) is 0 Å². The van der Waals surface area contributed by atoms with Crippen LogP contribution < -0.4 is 11.2 Å². The van der Waals surface area contributed by atoms with Crippen molar-refractivity contribution in [3.8, 4) is 0 Å². The molecule has 1 aromatic rings. The summed E-state index contributed by atoms with van der Waals surface area (Å²) < 4.78 is 0. The lowest BCUT2D eigenvalue weighted by Gasteiger charge is -2.03. The molecule has 5 heteroatoms. The van der Waals surface area contributed by atoms with Gasteiger partial charge in [-0.1, -0.05) is 42.1 Å². The highest BCUT2D eigenvalue weighted by Gasteiger charge is 2.31. The van der Waals surface area contributed by atoms with Crippen molar-refractivity contribution in [1.29, 1.82) is 0 Å². The maximum atomic E-state index is 11.5. The van der Waals surface area contributed by atoms with Gasteiger partial charge in [-0.05, 0) is 5.56 Å². The highest BCUT2D eigenvalue weighted by atomic mass is 32.2. The van der Waals surface area contributed by atoms with Gasteiger partial charge in [-0.25, -0.2) is 0 Å². The van der Waals surface area contributed by atoms with Gasteiger partial charge < -0.3 is 11.2 Å². The van der Waals surface area contributed by atoms with E-state index in [1.54, 1.807) is 0 Å². The van der Waals surface area contributed by atoms with Crippen LogP contribution in [0.25, 0.3) is 0 Å². The lowest BCUT2D eigenvalue weighted by Crippen LogP contribution is -2.22. The number of carbonyl (C=O) groups is 1. The first-order valence-electron chi connectivity index (χ1n) is 4.11. The lowest BCUT2D eigenvalue weighted by atomic mass is 10.1. The van der Waals surface area contributed by atoms with Gasteiger partial charge in [0.05, 0.1) is 0 Å². The average Bonchev–Trinajstić information content (AvgIpc) is 2.61. The Hall–Kier alpha value is -1.49. The predicted octanol–water partition coefficient (Wildman–Crippen LogP) is 0.820. The zero-order valence-corrected chi connectivity index (χ0v) is 8.12. The summed E-state index contributed by atoms with van der Waals surface area (Å²) in [6.07, 6.45) is 0. The van der Waals surface area contributed by atoms with Crippen LogP contribution in [-0.2, 0) is 4.79 Å². The SMILES string of the molecule is N/N=C1/NC(=O)C(c2ccccc2)S1. The minimum atomic E-state index is -0.224. The number of rotatable bonds is 1. The molecule has 0 spiro atoms. The molecule has 0 bridgehead atoms. The molecular formula is C9H9N3OS. The van der Waals surface area contributed by atoms with Gasteiger partial charge in [0.15, 0.2) is 5.17 Å². The number of amides is 1. The maximum Gasteiger partial charge on any atom is 0.244 e. The van der Waals surface area contributed by atoms with E-state index >= 15 is 0 Å². The number of hydrazone groups is 1. The normalized spacial score (nSPS) is 23.9. The van der Waals surface area contributed by atoms with E-state index in [9.17, 15) is 4.79 Å². The molecular weight excluding hydrogens is 198 g/mol. The summed E-state index contributed by atoms with van der Waals surface area (Å²) in [6, 6.07) is 9.55. The largest absolute Gasteiger partial charge is 0.321 e. The molecule has 1 aliphatic heterocycles. The molecule has 0 aromatic heterocycles. The van der Waals surface area contributed by atoms with E-state index in [2.05, 4.69) is 10.4 Å². The summed E-state index contributed by atoms with van der Waals surface area (Å²) in [4.78, 5) is 11.5. The van der Waals surface area contributed by atoms with Crippen molar-refractivity contribution in [2.45, 2.75) is 5.25 Å². The van der Waals surface area contributed by atoms with Crippen LogP contribution in [0, 0.1) is 0 Å². The first-order valence-corrected chi connectivity index (χ1v) is 4.99. The second-order valence-corrected chi connectivity index (χ2v) is 3.93. The van der Waals surface area contributed by atoms with E-state index in [1.165, 1.54) is 11.8 Å². The Bertz CT molecular complexity index is 377. The number of nitrogens with two attached hydrogens (primary N) is 1. The first kappa shape index (κ1) is 9.08. The molecule has 1 unspecified atom stereocenters. The highest BCUT2D eigenvalue weighted by molar-refractivity contribution is 8.15. The summed E-state index contributed by atoms with van der Waals surface area (Å²) in [5.41, 5.74) is 0.966. The monoisotopic (exact) mass is 207 g/mol. The molecule has 3 N–H and O–H groups in total.